The summed E-state index contributed by atoms with van der Waals surface area (Å²) in [6.45, 7) is 4.99. The van der Waals surface area contributed by atoms with Gasteiger partial charge in [0.25, 0.3) is 5.91 Å². The van der Waals surface area contributed by atoms with Crippen LogP contribution < -0.4 is 10.6 Å². The zero-order valence-electron chi connectivity index (χ0n) is 11.8. The Hall–Kier alpha value is -2.36. The monoisotopic (exact) mass is 269 g/mol. The molecule has 0 aliphatic rings. The minimum Gasteiger partial charge on any atom is -0.385 e. The molecule has 1 amide bonds. The summed E-state index contributed by atoms with van der Waals surface area (Å²) in [5.74, 6) is -0.113. The highest BCUT2D eigenvalue weighted by Crippen LogP contribution is 2.16. The largest absolute Gasteiger partial charge is 0.385 e. The van der Waals surface area contributed by atoms with Gasteiger partial charge in [0.1, 0.15) is 0 Å². The highest BCUT2D eigenvalue weighted by molar-refractivity contribution is 6.05. The fourth-order valence-electron chi connectivity index (χ4n) is 1.93. The van der Waals surface area contributed by atoms with Crippen LogP contribution in [0.3, 0.4) is 0 Å². The summed E-state index contributed by atoms with van der Waals surface area (Å²) in [5.41, 5.74) is 3.37. The van der Waals surface area contributed by atoms with Gasteiger partial charge in [-0.15, -0.1) is 0 Å². The van der Waals surface area contributed by atoms with Crippen molar-refractivity contribution in [2.45, 2.75) is 20.3 Å². The fourth-order valence-corrected chi connectivity index (χ4v) is 1.93. The van der Waals surface area contributed by atoms with E-state index < -0.39 is 0 Å². The minimum absolute atomic E-state index is 0.113. The average Bonchev–Trinajstić information content (AvgIpc) is 2.46. The molecule has 0 bridgehead atoms. The summed E-state index contributed by atoms with van der Waals surface area (Å²) >= 11 is 0. The Morgan fingerprint density at radius 1 is 1.25 bits per heavy atom. The number of hydrogen-bond acceptors (Lipinski definition) is 3. The standard InChI is InChI=1S/C16H19N3O/c1-3-8-18-13-6-7-15(12(2)10-13)16(20)19-14-5-4-9-17-11-14/h4-7,9-11,18H,3,8H2,1-2H3,(H,19,20). The van der Waals surface area contributed by atoms with Crippen LogP contribution in [0, 0.1) is 6.92 Å². The first kappa shape index (κ1) is 14.1. The van der Waals surface area contributed by atoms with Crippen molar-refractivity contribution >= 4 is 17.3 Å². The van der Waals surface area contributed by atoms with Crippen LogP contribution in [0.15, 0.2) is 42.7 Å². The average molecular weight is 269 g/mol. The lowest BCUT2D eigenvalue weighted by molar-refractivity contribution is 0.102. The molecule has 0 aliphatic heterocycles. The van der Waals surface area contributed by atoms with Gasteiger partial charge in [0, 0.05) is 24.0 Å². The number of carbonyl (C=O) groups excluding carboxylic acids is 1. The molecule has 2 N–H and O–H groups in total. The first-order chi connectivity index (χ1) is 9.70. The quantitative estimate of drug-likeness (QED) is 0.874. The molecule has 0 fully saturated rings. The molecule has 1 heterocycles. The van der Waals surface area contributed by atoms with Gasteiger partial charge >= 0.3 is 0 Å². The van der Waals surface area contributed by atoms with E-state index in [1.54, 1.807) is 18.5 Å². The van der Waals surface area contributed by atoms with Crippen molar-refractivity contribution in [1.82, 2.24) is 4.98 Å². The molecule has 1 aromatic heterocycles. The molecule has 0 aliphatic carbocycles. The number of anilines is 2. The molecule has 0 unspecified atom stereocenters. The van der Waals surface area contributed by atoms with E-state index in [1.165, 1.54) is 0 Å². The molecule has 0 saturated carbocycles. The molecule has 2 aromatic rings. The SMILES string of the molecule is CCCNc1ccc(C(=O)Nc2cccnc2)c(C)c1. The van der Waals surface area contributed by atoms with Gasteiger partial charge in [-0.3, -0.25) is 9.78 Å². The number of aryl methyl sites for hydroxylation is 1. The number of carbonyl (C=O) groups is 1. The van der Waals surface area contributed by atoms with Crippen LogP contribution in [0.2, 0.25) is 0 Å². The number of amides is 1. The van der Waals surface area contributed by atoms with Crippen LogP contribution in [0.4, 0.5) is 11.4 Å². The predicted octanol–water partition coefficient (Wildman–Crippen LogP) is 3.46. The number of rotatable bonds is 5. The number of hydrogen-bond donors (Lipinski definition) is 2. The van der Waals surface area contributed by atoms with E-state index in [4.69, 9.17) is 0 Å². The topological polar surface area (TPSA) is 54.0 Å². The van der Waals surface area contributed by atoms with E-state index in [2.05, 4.69) is 22.5 Å². The Balaban J connectivity index is 2.10. The number of pyridine rings is 1. The van der Waals surface area contributed by atoms with Gasteiger partial charge in [-0.05, 0) is 49.2 Å². The van der Waals surface area contributed by atoms with Crippen LogP contribution in [-0.4, -0.2) is 17.4 Å². The van der Waals surface area contributed by atoms with Crippen LogP contribution >= 0.6 is 0 Å². The molecule has 4 nitrogen and oxygen atoms in total. The zero-order valence-corrected chi connectivity index (χ0v) is 11.8. The lowest BCUT2D eigenvalue weighted by Crippen LogP contribution is -2.13. The Labute approximate surface area is 119 Å². The summed E-state index contributed by atoms with van der Waals surface area (Å²) in [6, 6.07) is 9.38. The van der Waals surface area contributed by atoms with Crippen molar-refractivity contribution in [1.29, 1.82) is 0 Å². The molecular formula is C16H19N3O. The van der Waals surface area contributed by atoms with Crippen LogP contribution in [0.5, 0.6) is 0 Å². The van der Waals surface area contributed by atoms with Crippen molar-refractivity contribution in [3.8, 4) is 0 Å². The molecule has 1 aromatic carbocycles. The zero-order chi connectivity index (χ0) is 14.4. The van der Waals surface area contributed by atoms with Crippen molar-refractivity contribution in [3.63, 3.8) is 0 Å². The fraction of sp³-hybridized carbons (Fsp3) is 0.250. The van der Waals surface area contributed by atoms with Gasteiger partial charge in [-0.2, -0.15) is 0 Å². The van der Waals surface area contributed by atoms with Crippen molar-refractivity contribution in [2.75, 3.05) is 17.2 Å². The number of benzene rings is 1. The Bertz CT molecular complexity index is 582. The first-order valence-corrected chi connectivity index (χ1v) is 6.76. The van der Waals surface area contributed by atoms with Crippen LogP contribution in [0.1, 0.15) is 29.3 Å². The second kappa shape index (κ2) is 6.70. The molecule has 0 saturated heterocycles. The Morgan fingerprint density at radius 3 is 2.75 bits per heavy atom. The third-order valence-corrected chi connectivity index (χ3v) is 2.97. The third-order valence-electron chi connectivity index (χ3n) is 2.97. The van der Waals surface area contributed by atoms with E-state index in [0.29, 0.717) is 11.3 Å². The molecule has 20 heavy (non-hydrogen) atoms. The first-order valence-electron chi connectivity index (χ1n) is 6.76. The maximum absolute atomic E-state index is 12.2. The van der Waals surface area contributed by atoms with Gasteiger partial charge in [0.15, 0.2) is 0 Å². The lowest BCUT2D eigenvalue weighted by atomic mass is 10.1. The Morgan fingerprint density at radius 2 is 2.10 bits per heavy atom. The molecule has 4 heteroatoms. The molecule has 0 spiro atoms. The summed E-state index contributed by atoms with van der Waals surface area (Å²) in [5, 5.41) is 6.15. The highest BCUT2D eigenvalue weighted by Gasteiger charge is 2.09. The van der Waals surface area contributed by atoms with Crippen LogP contribution in [0.25, 0.3) is 0 Å². The minimum atomic E-state index is -0.113. The van der Waals surface area contributed by atoms with Gasteiger partial charge in [0.05, 0.1) is 11.9 Å². The smallest absolute Gasteiger partial charge is 0.255 e. The van der Waals surface area contributed by atoms with Crippen molar-refractivity contribution < 1.29 is 4.79 Å². The molecule has 0 radical (unpaired) electrons. The van der Waals surface area contributed by atoms with Crippen molar-refractivity contribution in [3.05, 3.63) is 53.9 Å². The third kappa shape index (κ3) is 3.57. The number of nitrogens with one attached hydrogen (secondary N) is 2. The number of nitrogens with zero attached hydrogens (tertiary/aromatic N) is 1. The van der Waals surface area contributed by atoms with Crippen molar-refractivity contribution in [2.24, 2.45) is 0 Å². The molecular weight excluding hydrogens is 250 g/mol. The normalized spacial score (nSPS) is 10.1. The summed E-state index contributed by atoms with van der Waals surface area (Å²) < 4.78 is 0. The van der Waals surface area contributed by atoms with Gasteiger partial charge in [-0.25, -0.2) is 0 Å². The lowest BCUT2D eigenvalue weighted by Gasteiger charge is -2.10. The van der Waals surface area contributed by atoms with E-state index in [0.717, 1.165) is 24.2 Å². The summed E-state index contributed by atoms with van der Waals surface area (Å²) in [4.78, 5) is 16.2. The van der Waals surface area contributed by atoms with E-state index in [9.17, 15) is 4.79 Å². The highest BCUT2D eigenvalue weighted by atomic mass is 16.1. The van der Waals surface area contributed by atoms with E-state index in [-0.39, 0.29) is 5.91 Å². The second-order valence-electron chi connectivity index (χ2n) is 4.65. The van der Waals surface area contributed by atoms with Crippen LogP contribution in [-0.2, 0) is 0 Å². The van der Waals surface area contributed by atoms with Gasteiger partial charge in [-0.1, -0.05) is 6.92 Å². The van der Waals surface area contributed by atoms with E-state index >= 15 is 0 Å². The molecule has 104 valence electrons. The molecule has 2 rings (SSSR count). The second-order valence-corrected chi connectivity index (χ2v) is 4.65. The maximum Gasteiger partial charge on any atom is 0.255 e. The maximum atomic E-state index is 12.2. The van der Waals surface area contributed by atoms with E-state index in [1.807, 2.05) is 31.2 Å². The predicted molar refractivity (Wildman–Crippen MR) is 82.1 cm³/mol. The molecule has 0 atom stereocenters. The Kier molecular flexibility index (Phi) is 4.71. The number of aromatic nitrogens is 1. The van der Waals surface area contributed by atoms with Gasteiger partial charge < -0.3 is 10.6 Å². The van der Waals surface area contributed by atoms with Gasteiger partial charge in [0.2, 0.25) is 0 Å². The summed E-state index contributed by atoms with van der Waals surface area (Å²) in [7, 11) is 0. The summed E-state index contributed by atoms with van der Waals surface area (Å²) in [6.07, 6.45) is 4.38.